The Balaban J connectivity index is 1.78. The number of carboxylic acids is 1. The predicted octanol–water partition coefficient (Wildman–Crippen LogP) is 8.03. The van der Waals surface area contributed by atoms with Crippen LogP contribution < -0.4 is 4.90 Å². The van der Waals surface area contributed by atoms with Gasteiger partial charge in [-0.25, -0.2) is 13.6 Å². The van der Waals surface area contributed by atoms with E-state index in [-0.39, 0.29) is 39.9 Å². The molecule has 2 aliphatic rings. The number of carbonyl (C=O) groups excluding carboxylic acids is 1. The first-order valence-corrected chi connectivity index (χ1v) is 14.5. The molecule has 0 spiro atoms. The van der Waals surface area contributed by atoms with Crippen molar-refractivity contribution in [2.24, 2.45) is 5.41 Å². The number of anilines is 1. The maximum Gasteiger partial charge on any atom is 0.417 e. The van der Waals surface area contributed by atoms with Gasteiger partial charge in [0.15, 0.2) is 0 Å². The molecule has 4 atom stereocenters. The van der Waals surface area contributed by atoms with Gasteiger partial charge in [-0.2, -0.15) is 18.4 Å². The number of halogens is 7. The Morgan fingerprint density at radius 3 is 2.36 bits per heavy atom. The van der Waals surface area contributed by atoms with E-state index in [0.717, 1.165) is 23.1 Å². The van der Waals surface area contributed by atoms with Gasteiger partial charge >= 0.3 is 12.1 Å². The number of rotatable bonds is 5. The predicted molar refractivity (Wildman–Crippen MR) is 157 cm³/mol. The van der Waals surface area contributed by atoms with Crippen LogP contribution in [0.15, 0.2) is 54.6 Å². The van der Waals surface area contributed by atoms with Crippen molar-refractivity contribution < 1.29 is 36.6 Å². The fourth-order valence-electron chi connectivity index (χ4n) is 6.71. The molecule has 0 radical (unpaired) electrons. The molecule has 1 amide bonds. The number of hydrogen-bond acceptors (Lipinski definition) is 4. The minimum Gasteiger partial charge on any atom is -0.478 e. The summed E-state index contributed by atoms with van der Waals surface area (Å²) < 4.78 is 73.5. The average molecular weight is 666 g/mol. The van der Waals surface area contributed by atoms with Gasteiger partial charge in [0.2, 0.25) is 5.91 Å². The lowest BCUT2D eigenvalue weighted by Crippen LogP contribution is -2.48. The molecule has 6 nitrogen and oxygen atoms in total. The van der Waals surface area contributed by atoms with Crippen LogP contribution in [0, 0.1) is 28.4 Å². The van der Waals surface area contributed by atoms with Gasteiger partial charge in [-0.3, -0.25) is 14.6 Å². The molecule has 0 aliphatic carbocycles. The van der Waals surface area contributed by atoms with Crippen LogP contribution in [0.2, 0.25) is 10.0 Å². The van der Waals surface area contributed by atoms with Crippen molar-refractivity contribution in [3.8, 4) is 6.07 Å². The van der Waals surface area contributed by atoms with Crippen LogP contribution in [0.5, 0.6) is 0 Å². The van der Waals surface area contributed by atoms with Crippen LogP contribution in [0.4, 0.5) is 27.6 Å². The molecular weight excluding hydrogens is 640 g/mol. The average Bonchev–Trinajstić information content (AvgIpc) is 3.40. The summed E-state index contributed by atoms with van der Waals surface area (Å²) in [6, 6.07) is 10.2. The fraction of sp³-hybridized carbons (Fsp3) is 0.344. The van der Waals surface area contributed by atoms with Crippen LogP contribution in [-0.4, -0.2) is 40.6 Å². The molecule has 13 heteroatoms. The SMILES string of the molecule is CC(C)(C)C[C@@H]1N2CN(c3ccc(C(=O)O)c(C(F)(F)F)c3)C(=O)[C@H]2[C@H](c2cccc(Cl)c2F)[C@@]1(C#N)c1ccc(Cl)cc1F. The molecule has 3 aromatic rings. The van der Waals surface area contributed by atoms with Crippen LogP contribution in [0.25, 0.3) is 0 Å². The van der Waals surface area contributed by atoms with Crippen LogP contribution >= 0.6 is 23.2 Å². The van der Waals surface area contributed by atoms with Gasteiger partial charge in [-0.15, -0.1) is 0 Å². The molecular formula is C32H26Cl2F5N3O3. The molecule has 2 heterocycles. The van der Waals surface area contributed by atoms with Crippen molar-refractivity contribution in [3.63, 3.8) is 0 Å². The van der Waals surface area contributed by atoms with Crippen LogP contribution in [-0.2, 0) is 16.4 Å². The van der Waals surface area contributed by atoms with Gasteiger partial charge in [0.05, 0.1) is 28.9 Å². The van der Waals surface area contributed by atoms with Gasteiger partial charge in [-0.05, 0) is 53.8 Å². The second-order valence-electron chi connectivity index (χ2n) is 12.4. The van der Waals surface area contributed by atoms with E-state index < -0.39 is 69.6 Å². The highest BCUT2D eigenvalue weighted by molar-refractivity contribution is 6.31. The number of fused-ring (bicyclic) bond motifs is 1. The summed E-state index contributed by atoms with van der Waals surface area (Å²) in [4.78, 5) is 28.5. The molecule has 0 bridgehead atoms. The number of carboxylic acid groups (broad SMARTS) is 1. The first kappa shape index (κ1) is 32.7. The minimum absolute atomic E-state index is 0.0493. The Bertz CT molecular complexity index is 1750. The number of nitrogens with zero attached hydrogens (tertiary/aromatic N) is 3. The van der Waals surface area contributed by atoms with Crippen LogP contribution in [0.1, 0.15) is 60.2 Å². The summed E-state index contributed by atoms with van der Waals surface area (Å²) in [6.45, 7) is 5.26. The molecule has 2 fully saturated rings. The normalized spacial score (nSPS) is 23.7. The van der Waals surface area contributed by atoms with E-state index in [0.29, 0.717) is 6.07 Å². The second-order valence-corrected chi connectivity index (χ2v) is 13.2. The number of hydrogen-bond donors (Lipinski definition) is 1. The molecule has 3 aromatic carbocycles. The minimum atomic E-state index is -5.05. The van der Waals surface area contributed by atoms with E-state index >= 15 is 8.78 Å². The van der Waals surface area contributed by atoms with Crippen molar-refractivity contribution in [2.45, 2.75) is 56.8 Å². The Hall–Kier alpha value is -3.72. The lowest BCUT2D eigenvalue weighted by molar-refractivity contribution is -0.138. The molecule has 236 valence electrons. The zero-order chi connectivity index (χ0) is 33.2. The van der Waals surface area contributed by atoms with E-state index in [1.807, 2.05) is 20.8 Å². The van der Waals surface area contributed by atoms with Gasteiger partial charge in [0.1, 0.15) is 23.1 Å². The zero-order valence-corrected chi connectivity index (χ0v) is 25.6. The van der Waals surface area contributed by atoms with Crippen molar-refractivity contribution in [1.29, 1.82) is 5.26 Å². The standard InChI is InChI=1S/C32H26Cl2F5N3O3/c1-30(2,3)13-24-31(14-40,20-10-7-16(33)11-23(20)35)25(19-5-4-6-22(34)26(19)36)27-28(43)41(15-42(24)27)17-8-9-18(29(44)45)21(12-17)32(37,38)39/h4-12,24-25,27H,13,15H2,1-3H3,(H,44,45)/t24-,25-,27+,31-/m0/s1. The Morgan fingerprint density at radius 1 is 1.09 bits per heavy atom. The summed E-state index contributed by atoms with van der Waals surface area (Å²) in [5.74, 6) is -5.72. The van der Waals surface area contributed by atoms with Gasteiger partial charge in [0, 0.05) is 28.2 Å². The lowest BCUT2D eigenvalue weighted by atomic mass is 9.62. The number of nitriles is 1. The van der Waals surface area contributed by atoms with E-state index in [2.05, 4.69) is 6.07 Å². The number of carbonyl (C=O) groups is 2. The van der Waals surface area contributed by atoms with Gasteiger partial charge < -0.3 is 5.11 Å². The maximum absolute atomic E-state index is 15.9. The number of aromatic carboxylic acids is 1. The summed E-state index contributed by atoms with van der Waals surface area (Å²) in [5, 5.41) is 20.1. The van der Waals surface area contributed by atoms with Crippen molar-refractivity contribution in [3.05, 3.63) is 98.5 Å². The summed E-state index contributed by atoms with van der Waals surface area (Å²) in [5.41, 5.74) is -5.37. The van der Waals surface area contributed by atoms with E-state index in [9.17, 15) is 33.1 Å². The third kappa shape index (κ3) is 5.43. The Labute approximate surface area is 265 Å². The Kier molecular flexibility index (Phi) is 8.18. The maximum atomic E-state index is 15.9. The van der Waals surface area contributed by atoms with Crippen molar-refractivity contribution >= 4 is 40.8 Å². The number of amides is 1. The third-order valence-corrected chi connectivity index (χ3v) is 8.98. The first-order valence-electron chi connectivity index (χ1n) is 13.7. The molecule has 5 rings (SSSR count). The van der Waals surface area contributed by atoms with E-state index in [1.165, 1.54) is 30.3 Å². The second kappa shape index (κ2) is 11.3. The fourth-order valence-corrected chi connectivity index (χ4v) is 7.05. The summed E-state index contributed by atoms with van der Waals surface area (Å²) >= 11 is 12.2. The quantitative estimate of drug-likeness (QED) is 0.279. The summed E-state index contributed by atoms with van der Waals surface area (Å²) in [6.07, 6.45) is -4.86. The highest BCUT2D eigenvalue weighted by Crippen LogP contribution is 2.58. The van der Waals surface area contributed by atoms with E-state index in [4.69, 9.17) is 23.2 Å². The number of alkyl halides is 3. The van der Waals surface area contributed by atoms with E-state index in [1.54, 1.807) is 4.90 Å². The molecule has 1 N–H and O–H groups in total. The van der Waals surface area contributed by atoms with Crippen molar-refractivity contribution in [1.82, 2.24) is 4.90 Å². The van der Waals surface area contributed by atoms with Crippen molar-refractivity contribution in [2.75, 3.05) is 11.6 Å². The highest BCUT2D eigenvalue weighted by Gasteiger charge is 2.67. The number of benzene rings is 3. The highest BCUT2D eigenvalue weighted by atomic mass is 35.5. The lowest BCUT2D eigenvalue weighted by Gasteiger charge is -2.40. The largest absolute Gasteiger partial charge is 0.478 e. The monoisotopic (exact) mass is 665 g/mol. The molecule has 0 aromatic heterocycles. The third-order valence-electron chi connectivity index (χ3n) is 8.45. The van der Waals surface area contributed by atoms with Gasteiger partial charge in [0.25, 0.3) is 0 Å². The van der Waals surface area contributed by atoms with Crippen LogP contribution in [0.3, 0.4) is 0 Å². The van der Waals surface area contributed by atoms with Gasteiger partial charge in [-0.1, -0.05) is 62.2 Å². The topological polar surface area (TPSA) is 84.6 Å². The molecule has 2 aliphatic heterocycles. The molecule has 2 saturated heterocycles. The molecule has 0 saturated carbocycles. The summed E-state index contributed by atoms with van der Waals surface area (Å²) in [7, 11) is 0. The molecule has 0 unspecified atom stereocenters. The smallest absolute Gasteiger partial charge is 0.417 e. The Morgan fingerprint density at radius 2 is 1.78 bits per heavy atom. The zero-order valence-electron chi connectivity index (χ0n) is 24.1. The molecule has 45 heavy (non-hydrogen) atoms. The first-order chi connectivity index (χ1) is 20.9.